The van der Waals surface area contributed by atoms with E-state index in [4.69, 9.17) is 0 Å². The van der Waals surface area contributed by atoms with Gasteiger partial charge in [0.05, 0.1) is 5.71 Å². The monoisotopic (exact) mass is 320 g/mol. The summed E-state index contributed by atoms with van der Waals surface area (Å²) in [6.07, 6.45) is 7.76. The van der Waals surface area contributed by atoms with Crippen LogP contribution in [-0.2, 0) is 5.41 Å². The molecule has 0 atom stereocenters. The Hall–Kier alpha value is -2.09. The van der Waals surface area contributed by atoms with Gasteiger partial charge in [0.15, 0.2) is 0 Å². The third kappa shape index (κ3) is 2.64. The lowest BCUT2D eigenvalue weighted by molar-refractivity contribution is 0.624. The molecule has 0 aromatic heterocycles. The standard InChI is InChI=1S/C22H28N2/c1-6-17-18-11-9-15(23-7-2)13-20(18)22(4,5)21-14-16(24-8-3)10-12-19(17)21/h9-14,23H,6-8H2,1-5H3. The summed E-state index contributed by atoms with van der Waals surface area (Å²) in [6, 6.07) is 6.84. The van der Waals surface area contributed by atoms with E-state index < -0.39 is 0 Å². The zero-order valence-electron chi connectivity index (χ0n) is 15.5. The number of aliphatic imine (C=N–C) groups is 1. The molecule has 0 amide bonds. The van der Waals surface area contributed by atoms with Crippen molar-refractivity contribution in [2.75, 3.05) is 18.4 Å². The smallest absolute Gasteiger partial charge is 0.0577 e. The van der Waals surface area contributed by atoms with Gasteiger partial charge in [-0.25, -0.2) is 0 Å². The Kier molecular flexibility index (Phi) is 4.49. The van der Waals surface area contributed by atoms with Crippen LogP contribution < -0.4 is 5.32 Å². The molecule has 126 valence electrons. The lowest BCUT2D eigenvalue weighted by Gasteiger charge is -2.39. The van der Waals surface area contributed by atoms with Crippen LogP contribution in [0.2, 0.25) is 0 Å². The third-order valence-corrected chi connectivity index (χ3v) is 5.09. The van der Waals surface area contributed by atoms with Crippen molar-refractivity contribution in [3.8, 4) is 0 Å². The number of nitrogens with zero attached hydrogens (tertiary/aromatic N) is 1. The van der Waals surface area contributed by atoms with Crippen molar-refractivity contribution >= 4 is 17.0 Å². The number of allylic oxidation sites excluding steroid dienone is 6. The number of hydrogen-bond acceptors (Lipinski definition) is 2. The van der Waals surface area contributed by atoms with E-state index in [0.29, 0.717) is 0 Å². The number of anilines is 1. The van der Waals surface area contributed by atoms with Gasteiger partial charge < -0.3 is 5.32 Å². The van der Waals surface area contributed by atoms with Crippen LogP contribution in [0.1, 0.15) is 52.2 Å². The molecule has 0 aliphatic heterocycles. The van der Waals surface area contributed by atoms with Crippen LogP contribution in [0.5, 0.6) is 0 Å². The maximum Gasteiger partial charge on any atom is 0.0577 e. The highest BCUT2D eigenvalue weighted by Gasteiger charge is 2.36. The van der Waals surface area contributed by atoms with Crippen LogP contribution in [0, 0.1) is 0 Å². The Bertz CT molecular complexity index is 773. The second-order valence-corrected chi connectivity index (χ2v) is 6.95. The van der Waals surface area contributed by atoms with E-state index in [1.807, 2.05) is 0 Å². The van der Waals surface area contributed by atoms with E-state index >= 15 is 0 Å². The Labute approximate surface area is 146 Å². The van der Waals surface area contributed by atoms with E-state index in [9.17, 15) is 0 Å². The van der Waals surface area contributed by atoms with Gasteiger partial charge in [0, 0.05) is 24.2 Å². The first kappa shape index (κ1) is 16.8. The molecule has 0 saturated heterocycles. The molecular formula is C22H28N2. The van der Waals surface area contributed by atoms with Crippen LogP contribution in [0.25, 0.3) is 5.57 Å². The molecule has 0 saturated carbocycles. The predicted molar refractivity (Wildman–Crippen MR) is 106 cm³/mol. The van der Waals surface area contributed by atoms with E-state index in [1.54, 1.807) is 0 Å². The van der Waals surface area contributed by atoms with Crippen molar-refractivity contribution < 1.29 is 0 Å². The highest BCUT2D eigenvalue weighted by atomic mass is 14.8. The molecule has 0 spiro atoms. The summed E-state index contributed by atoms with van der Waals surface area (Å²) in [5.41, 5.74) is 9.33. The molecule has 2 aliphatic rings. The molecule has 0 heterocycles. The Morgan fingerprint density at radius 1 is 1.08 bits per heavy atom. The maximum atomic E-state index is 4.61. The first-order valence-corrected chi connectivity index (χ1v) is 9.09. The number of rotatable bonds is 4. The molecule has 3 rings (SSSR count). The summed E-state index contributed by atoms with van der Waals surface area (Å²) in [5, 5.41) is 3.46. The predicted octanol–water partition coefficient (Wildman–Crippen LogP) is 5.53. The van der Waals surface area contributed by atoms with Gasteiger partial charge in [-0.1, -0.05) is 32.9 Å². The molecule has 1 aromatic rings. The molecule has 0 fully saturated rings. The lowest BCUT2D eigenvalue weighted by atomic mass is 9.65. The van der Waals surface area contributed by atoms with Crippen molar-refractivity contribution in [3.05, 3.63) is 58.7 Å². The van der Waals surface area contributed by atoms with E-state index in [1.165, 1.54) is 33.5 Å². The number of benzene rings is 1. The van der Waals surface area contributed by atoms with Crippen molar-refractivity contribution in [1.29, 1.82) is 0 Å². The summed E-state index contributed by atoms with van der Waals surface area (Å²) in [4.78, 5) is 4.61. The van der Waals surface area contributed by atoms with Gasteiger partial charge >= 0.3 is 0 Å². The normalized spacial score (nSPS) is 19.9. The average Bonchev–Trinajstić information content (AvgIpc) is 2.57. The maximum absolute atomic E-state index is 4.61. The Balaban J connectivity index is 2.24. The fraction of sp³-hybridized carbons (Fsp3) is 0.409. The van der Waals surface area contributed by atoms with Crippen LogP contribution in [0.3, 0.4) is 0 Å². The molecule has 0 radical (unpaired) electrons. The van der Waals surface area contributed by atoms with E-state index in [2.05, 4.69) is 81.4 Å². The second-order valence-electron chi connectivity index (χ2n) is 6.95. The molecule has 0 bridgehead atoms. The fourth-order valence-electron chi connectivity index (χ4n) is 3.90. The van der Waals surface area contributed by atoms with Gasteiger partial charge in [-0.05, 0) is 72.4 Å². The van der Waals surface area contributed by atoms with Crippen molar-refractivity contribution in [2.24, 2.45) is 4.99 Å². The minimum atomic E-state index is -0.0198. The van der Waals surface area contributed by atoms with E-state index in [0.717, 1.165) is 25.2 Å². The summed E-state index contributed by atoms with van der Waals surface area (Å²) in [7, 11) is 0. The zero-order chi connectivity index (χ0) is 17.3. The molecule has 2 nitrogen and oxygen atoms in total. The summed E-state index contributed by atoms with van der Waals surface area (Å²) < 4.78 is 0. The SMILES string of the molecule is CCN=C1C=CC2=C(CC)c3ccc(NCC)cc3C(C)(C)C2=C1. The quantitative estimate of drug-likeness (QED) is 0.775. The van der Waals surface area contributed by atoms with Crippen molar-refractivity contribution in [1.82, 2.24) is 0 Å². The highest BCUT2D eigenvalue weighted by Crippen LogP contribution is 2.49. The summed E-state index contributed by atoms with van der Waals surface area (Å²) in [5.74, 6) is 0. The molecule has 2 aliphatic carbocycles. The second kappa shape index (κ2) is 6.43. The number of hydrogen-bond donors (Lipinski definition) is 1. The first-order valence-electron chi connectivity index (χ1n) is 9.09. The average molecular weight is 320 g/mol. The first-order chi connectivity index (χ1) is 11.5. The van der Waals surface area contributed by atoms with Gasteiger partial charge in [-0.15, -0.1) is 0 Å². The Morgan fingerprint density at radius 2 is 1.88 bits per heavy atom. The van der Waals surface area contributed by atoms with Crippen LogP contribution in [0.15, 0.2) is 52.6 Å². The van der Waals surface area contributed by atoms with Gasteiger partial charge in [-0.2, -0.15) is 0 Å². The highest BCUT2D eigenvalue weighted by molar-refractivity contribution is 6.08. The van der Waals surface area contributed by atoms with E-state index in [-0.39, 0.29) is 5.41 Å². The van der Waals surface area contributed by atoms with Gasteiger partial charge in [-0.3, -0.25) is 4.99 Å². The largest absolute Gasteiger partial charge is 0.385 e. The topological polar surface area (TPSA) is 24.4 Å². The van der Waals surface area contributed by atoms with Gasteiger partial charge in [0.2, 0.25) is 0 Å². The summed E-state index contributed by atoms with van der Waals surface area (Å²) in [6.45, 7) is 12.9. The fourth-order valence-corrected chi connectivity index (χ4v) is 3.90. The third-order valence-electron chi connectivity index (χ3n) is 5.09. The molecule has 1 N–H and O–H groups in total. The molecule has 1 aromatic carbocycles. The van der Waals surface area contributed by atoms with Gasteiger partial charge in [0.25, 0.3) is 0 Å². The Morgan fingerprint density at radius 3 is 2.54 bits per heavy atom. The molecular weight excluding hydrogens is 292 g/mol. The lowest BCUT2D eigenvalue weighted by Crippen LogP contribution is -2.29. The minimum Gasteiger partial charge on any atom is -0.385 e. The summed E-state index contributed by atoms with van der Waals surface area (Å²) >= 11 is 0. The minimum absolute atomic E-state index is 0.0198. The number of fused-ring (bicyclic) bond motifs is 2. The molecule has 24 heavy (non-hydrogen) atoms. The van der Waals surface area contributed by atoms with Crippen LogP contribution >= 0.6 is 0 Å². The van der Waals surface area contributed by atoms with Crippen LogP contribution in [-0.4, -0.2) is 18.8 Å². The molecule has 2 heteroatoms. The van der Waals surface area contributed by atoms with Crippen LogP contribution in [0.4, 0.5) is 5.69 Å². The van der Waals surface area contributed by atoms with Crippen molar-refractivity contribution in [3.63, 3.8) is 0 Å². The number of nitrogens with one attached hydrogen (secondary N) is 1. The van der Waals surface area contributed by atoms with Crippen molar-refractivity contribution in [2.45, 2.75) is 46.5 Å². The zero-order valence-corrected chi connectivity index (χ0v) is 15.5. The molecule has 0 unspecified atom stereocenters. The van der Waals surface area contributed by atoms with Gasteiger partial charge in [0.1, 0.15) is 0 Å².